The second-order valence-electron chi connectivity index (χ2n) is 21.1. The molecule has 3 fully saturated rings. The van der Waals surface area contributed by atoms with E-state index in [0.717, 1.165) is 42.5 Å². The normalized spacial score (nSPS) is 14.4. The first-order valence-corrected chi connectivity index (χ1v) is 26.2. The van der Waals surface area contributed by atoms with Gasteiger partial charge in [0.1, 0.15) is 0 Å². The lowest BCUT2D eigenvalue weighted by molar-refractivity contribution is 0.364. The van der Waals surface area contributed by atoms with Gasteiger partial charge in [-0.1, -0.05) is 57.0 Å². The third kappa shape index (κ3) is 11.5. The second kappa shape index (κ2) is 21.9. The summed E-state index contributed by atoms with van der Waals surface area (Å²) < 4.78 is 27.6. The average molecular weight is 1070 g/mol. The van der Waals surface area contributed by atoms with Crippen molar-refractivity contribution in [1.29, 1.82) is 0 Å². The Balaban J connectivity index is 0.000000130. The molecule has 0 saturated heterocycles. The predicted molar refractivity (Wildman–Crippen MR) is 282 cm³/mol. The van der Waals surface area contributed by atoms with Crippen LogP contribution in [0.25, 0.3) is 33.5 Å². The number of hydrogen-bond donors (Lipinski definition) is 1. The summed E-state index contributed by atoms with van der Waals surface area (Å²) in [7, 11) is 4.87. The van der Waals surface area contributed by atoms with E-state index < -0.39 is 17.1 Å². The molecule has 76 heavy (non-hydrogen) atoms. The van der Waals surface area contributed by atoms with Crippen LogP contribution in [0, 0.1) is 17.8 Å². The van der Waals surface area contributed by atoms with Crippen LogP contribution in [0.15, 0.2) is 79.5 Å². The van der Waals surface area contributed by atoms with Crippen LogP contribution in [0.2, 0.25) is 0 Å². The average Bonchev–Trinajstić information content (AvgIpc) is 4.25. The molecular formula is C51H64ClN15O9. The molecule has 0 unspecified atom stereocenters. The minimum atomic E-state index is -0.422. The maximum absolute atomic E-state index is 13.0. The zero-order valence-electron chi connectivity index (χ0n) is 44.2. The van der Waals surface area contributed by atoms with Crippen molar-refractivity contribution in [1.82, 2.24) is 71.9 Å². The number of hydrogen-bond acceptors (Lipinski definition) is 15. The summed E-state index contributed by atoms with van der Waals surface area (Å²) in [5.41, 5.74) is 3.06. The van der Waals surface area contributed by atoms with Gasteiger partial charge in [0.25, 0.3) is 16.7 Å². The molecule has 24 nitrogen and oxygen atoms in total. The number of nitrogens with zero attached hydrogens (tertiary/aromatic N) is 14. The van der Waals surface area contributed by atoms with Gasteiger partial charge in [0.2, 0.25) is 0 Å². The summed E-state index contributed by atoms with van der Waals surface area (Å²) in [6.45, 7) is 14.7. The van der Waals surface area contributed by atoms with Gasteiger partial charge in [-0.25, -0.2) is 29.3 Å². The van der Waals surface area contributed by atoms with Crippen molar-refractivity contribution >= 4 is 45.1 Å². The van der Waals surface area contributed by atoms with Gasteiger partial charge in [-0.3, -0.25) is 42.2 Å². The number of halogens is 1. The lowest BCUT2D eigenvalue weighted by atomic mass is 10.1. The molecule has 12 rings (SSSR count). The number of aromatic nitrogens is 15. The fourth-order valence-electron chi connectivity index (χ4n) is 8.59. The van der Waals surface area contributed by atoms with Gasteiger partial charge in [-0.2, -0.15) is 0 Å². The van der Waals surface area contributed by atoms with Crippen LogP contribution in [0.4, 0.5) is 0 Å². The van der Waals surface area contributed by atoms with Crippen molar-refractivity contribution in [2.75, 3.05) is 0 Å². The van der Waals surface area contributed by atoms with Crippen LogP contribution in [0.3, 0.4) is 0 Å². The molecule has 3 saturated carbocycles. The lowest BCUT2D eigenvalue weighted by Gasteiger charge is -2.08. The first-order chi connectivity index (χ1) is 36.3. The highest BCUT2D eigenvalue weighted by Gasteiger charge is 2.27. The monoisotopic (exact) mass is 1070 g/mol. The van der Waals surface area contributed by atoms with E-state index in [1.165, 1.54) is 61.4 Å². The van der Waals surface area contributed by atoms with E-state index >= 15 is 0 Å². The summed E-state index contributed by atoms with van der Waals surface area (Å²) in [6.07, 6.45) is 12.1. The number of nitrogens with one attached hydrogen (secondary N) is 1. The Bertz CT molecular complexity index is 3740. The van der Waals surface area contributed by atoms with Crippen molar-refractivity contribution in [3.8, 4) is 0 Å². The SMILES string of the molecule is CC(C)c1cc(CCl)on1.CC(C)c1cc(Cn2c(=O)c3c(ncn3CC3CC3)n(C)c2=O)on1.CC(C)c1cc(Cn2c(=O)c3c(ncn3CC3CC3)n(C)c2=O)on1.Cn1c(=O)[nH]c(=O)c2c1ncn2CC1CC1. The number of H-pyrrole nitrogens is 1. The summed E-state index contributed by atoms with van der Waals surface area (Å²) in [4.78, 5) is 89.2. The minimum Gasteiger partial charge on any atom is -0.360 e. The Morgan fingerprint density at radius 3 is 1.20 bits per heavy atom. The molecule has 9 heterocycles. The van der Waals surface area contributed by atoms with Crippen LogP contribution in [0.5, 0.6) is 0 Å². The molecule has 3 aliphatic carbocycles. The topological polar surface area (TPSA) is 274 Å². The lowest BCUT2D eigenvalue weighted by Crippen LogP contribution is -2.39. The molecule has 1 N–H and O–H groups in total. The van der Waals surface area contributed by atoms with Gasteiger partial charge in [0.15, 0.2) is 50.8 Å². The standard InChI is InChI=1S/2C17H21N5O3.C10H12N4O2.C7H10ClNO/c2*1-10(2)13-6-12(25-19-13)8-22-16(23)14-15(20(3)17(22)24)18-9-21(14)7-11-4-5-11;1-13-8-7(9(15)12-10(13)16)14(5-11-8)4-6-2-3-6;1-5(2)7-3-6(4-8)10-9-7/h2*6,9-11H,4-5,7-8H2,1-3H3;5-6H,2-4H2,1H3,(H,12,15,16);3,5H,4H2,1-2H3. The minimum absolute atomic E-state index is 0.0653. The molecule has 9 aromatic heterocycles. The van der Waals surface area contributed by atoms with Gasteiger partial charge < -0.3 is 27.3 Å². The number of rotatable bonds is 14. The quantitative estimate of drug-likeness (QED) is 0.135. The summed E-state index contributed by atoms with van der Waals surface area (Å²) >= 11 is 5.51. The zero-order valence-corrected chi connectivity index (χ0v) is 45.0. The molecule has 0 bridgehead atoms. The van der Waals surface area contributed by atoms with Crippen LogP contribution >= 0.6 is 11.6 Å². The highest BCUT2D eigenvalue weighted by Crippen LogP contribution is 2.33. The van der Waals surface area contributed by atoms with E-state index in [1.807, 2.05) is 47.5 Å². The largest absolute Gasteiger partial charge is 0.360 e. The number of alkyl halides is 1. The molecule has 25 heteroatoms. The zero-order chi connectivity index (χ0) is 54.3. The van der Waals surface area contributed by atoms with Gasteiger partial charge in [-0.05, 0) is 74.0 Å². The Morgan fingerprint density at radius 1 is 0.526 bits per heavy atom. The van der Waals surface area contributed by atoms with Crippen molar-refractivity contribution in [2.45, 2.75) is 136 Å². The first-order valence-electron chi connectivity index (χ1n) is 25.7. The van der Waals surface area contributed by atoms with E-state index in [1.54, 1.807) is 52.3 Å². The smallest absolute Gasteiger partial charge is 0.332 e. The Morgan fingerprint density at radius 2 is 0.868 bits per heavy atom. The highest BCUT2D eigenvalue weighted by molar-refractivity contribution is 6.16. The second-order valence-corrected chi connectivity index (χ2v) is 21.3. The van der Waals surface area contributed by atoms with E-state index in [9.17, 15) is 28.8 Å². The van der Waals surface area contributed by atoms with Gasteiger partial charge in [0, 0.05) is 59.0 Å². The summed E-state index contributed by atoms with van der Waals surface area (Å²) in [6, 6.07) is 5.47. The Hall–Kier alpha value is -7.63. The maximum atomic E-state index is 13.0. The molecule has 0 aromatic carbocycles. The van der Waals surface area contributed by atoms with E-state index in [-0.39, 0.29) is 41.6 Å². The Labute approximate surface area is 438 Å². The van der Waals surface area contributed by atoms with E-state index in [0.29, 0.717) is 74.6 Å². The fraction of sp³-hybridized carbons (Fsp3) is 0.529. The maximum Gasteiger partial charge on any atom is 0.332 e. The molecule has 0 aliphatic heterocycles. The molecule has 3 aliphatic rings. The van der Waals surface area contributed by atoms with Crippen LogP contribution in [0.1, 0.15) is 132 Å². The van der Waals surface area contributed by atoms with Crippen molar-refractivity contribution in [2.24, 2.45) is 38.9 Å². The highest BCUT2D eigenvalue weighted by atomic mass is 35.5. The van der Waals surface area contributed by atoms with Gasteiger partial charge in [-0.15, -0.1) is 11.6 Å². The molecule has 0 amide bonds. The number of aryl methyl sites for hydroxylation is 3. The number of fused-ring (bicyclic) bond motifs is 3. The number of aromatic amines is 1. The van der Waals surface area contributed by atoms with E-state index in [4.69, 9.17) is 25.2 Å². The third-order valence-corrected chi connectivity index (χ3v) is 14.1. The molecule has 9 aromatic rings. The Kier molecular flexibility index (Phi) is 15.3. The van der Waals surface area contributed by atoms with Crippen LogP contribution in [-0.4, -0.2) is 71.9 Å². The molecule has 0 radical (unpaired) electrons. The third-order valence-electron chi connectivity index (χ3n) is 13.8. The van der Waals surface area contributed by atoms with Crippen LogP contribution < -0.4 is 33.7 Å². The van der Waals surface area contributed by atoms with Crippen molar-refractivity contribution < 1.29 is 13.6 Å². The van der Waals surface area contributed by atoms with Crippen molar-refractivity contribution in [3.05, 3.63) is 134 Å². The fourth-order valence-corrected chi connectivity index (χ4v) is 8.71. The first kappa shape index (κ1) is 53.2. The summed E-state index contributed by atoms with van der Waals surface area (Å²) in [5.74, 6) is 4.86. The number of imidazole rings is 3. The van der Waals surface area contributed by atoms with Crippen LogP contribution in [-0.2, 0) is 59.7 Å². The molecule has 0 atom stereocenters. The van der Waals surface area contributed by atoms with Crippen molar-refractivity contribution in [3.63, 3.8) is 0 Å². The molecule has 0 spiro atoms. The molecule has 404 valence electrons. The van der Waals surface area contributed by atoms with Gasteiger partial charge >= 0.3 is 17.1 Å². The summed E-state index contributed by atoms with van der Waals surface area (Å²) in [5, 5.41) is 11.8. The van der Waals surface area contributed by atoms with Gasteiger partial charge in [0.05, 0.1) is 55.0 Å². The predicted octanol–water partition coefficient (Wildman–Crippen LogP) is 5.30. The molecular weight excluding hydrogens is 1000 g/mol. The van der Waals surface area contributed by atoms with E-state index in [2.05, 4.69) is 49.3 Å².